The maximum absolute atomic E-state index is 11.0. The monoisotopic (exact) mass is 282 g/mol. The van der Waals surface area contributed by atoms with Gasteiger partial charge < -0.3 is 4.74 Å². The van der Waals surface area contributed by atoms with E-state index in [0.29, 0.717) is 18.9 Å². The minimum Gasteiger partial charge on any atom is -0.362 e. The van der Waals surface area contributed by atoms with E-state index in [-0.39, 0.29) is 0 Å². The van der Waals surface area contributed by atoms with Crippen molar-refractivity contribution >= 4 is 27.9 Å². The molecule has 17 heavy (non-hydrogen) atoms. The standard InChI is InChI=1S/C9H18N2O4S2/c1-3-15-9(11-17(2,13)14)7-16-6-4-5-10-8-12/h9,11H,3-7H2,1-2H3. The van der Waals surface area contributed by atoms with Crippen molar-refractivity contribution in [3.63, 3.8) is 0 Å². The molecule has 0 aromatic heterocycles. The molecule has 0 aliphatic carbocycles. The molecule has 0 radical (unpaired) electrons. The fraction of sp³-hybridized carbons (Fsp3) is 0.889. The molecule has 1 atom stereocenters. The summed E-state index contributed by atoms with van der Waals surface area (Å²) in [4.78, 5) is 13.2. The molecule has 0 aromatic carbocycles. The zero-order valence-corrected chi connectivity index (χ0v) is 11.6. The van der Waals surface area contributed by atoms with E-state index in [4.69, 9.17) is 4.74 Å². The highest BCUT2D eigenvalue weighted by atomic mass is 32.2. The van der Waals surface area contributed by atoms with E-state index in [1.807, 2.05) is 0 Å². The molecule has 0 heterocycles. The van der Waals surface area contributed by atoms with Gasteiger partial charge >= 0.3 is 0 Å². The predicted molar refractivity (Wildman–Crippen MR) is 68.3 cm³/mol. The third-order valence-electron chi connectivity index (χ3n) is 1.61. The molecule has 0 bridgehead atoms. The molecule has 6 nitrogen and oxygen atoms in total. The molecular weight excluding hydrogens is 264 g/mol. The van der Waals surface area contributed by atoms with Gasteiger partial charge in [0.25, 0.3) is 0 Å². The van der Waals surface area contributed by atoms with E-state index in [1.54, 1.807) is 18.7 Å². The minimum absolute atomic E-state index is 0.448. The first-order valence-corrected chi connectivity index (χ1v) is 8.24. The maximum Gasteiger partial charge on any atom is 0.234 e. The minimum atomic E-state index is -3.26. The Bertz CT molecular complexity index is 339. The number of sulfonamides is 1. The lowest BCUT2D eigenvalue weighted by Crippen LogP contribution is -2.38. The van der Waals surface area contributed by atoms with Gasteiger partial charge in [-0.3, -0.25) is 0 Å². The van der Waals surface area contributed by atoms with Crippen LogP contribution >= 0.6 is 11.8 Å². The molecule has 0 aliphatic heterocycles. The van der Waals surface area contributed by atoms with Crippen LogP contribution in [0.1, 0.15) is 13.3 Å². The van der Waals surface area contributed by atoms with E-state index in [9.17, 15) is 13.2 Å². The first kappa shape index (κ1) is 16.6. The van der Waals surface area contributed by atoms with Gasteiger partial charge in [-0.15, -0.1) is 0 Å². The Kier molecular flexibility index (Phi) is 9.39. The smallest absolute Gasteiger partial charge is 0.234 e. The van der Waals surface area contributed by atoms with Crippen molar-refractivity contribution in [2.24, 2.45) is 4.99 Å². The average Bonchev–Trinajstić information content (AvgIpc) is 2.21. The van der Waals surface area contributed by atoms with Gasteiger partial charge in [-0.05, 0) is 19.1 Å². The first-order valence-electron chi connectivity index (χ1n) is 5.20. The summed E-state index contributed by atoms with van der Waals surface area (Å²) in [5.74, 6) is 1.33. The molecule has 8 heteroatoms. The summed E-state index contributed by atoms with van der Waals surface area (Å²) in [7, 11) is -3.26. The maximum atomic E-state index is 11.0. The summed E-state index contributed by atoms with van der Waals surface area (Å²) < 4.78 is 29.7. The number of hydrogen-bond acceptors (Lipinski definition) is 6. The molecule has 0 amide bonds. The van der Waals surface area contributed by atoms with Crippen molar-refractivity contribution in [2.75, 3.05) is 30.9 Å². The van der Waals surface area contributed by atoms with Crippen LogP contribution in [-0.4, -0.2) is 51.6 Å². The summed E-state index contributed by atoms with van der Waals surface area (Å²) in [6.07, 6.45) is 2.82. The van der Waals surface area contributed by atoms with Crippen LogP contribution < -0.4 is 4.72 Å². The van der Waals surface area contributed by atoms with Crippen molar-refractivity contribution in [3.8, 4) is 0 Å². The number of aliphatic imine (C=N–C) groups is 1. The van der Waals surface area contributed by atoms with Gasteiger partial charge in [-0.2, -0.15) is 16.5 Å². The molecule has 0 aliphatic rings. The van der Waals surface area contributed by atoms with Crippen LogP contribution in [0, 0.1) is 0 Å². The van der Waals surface area contributed by atoms with Crippen LogP contribution in [0.25, 0.3) is 0 Å². The summed E-state index contributed by atoms with van der Waals surface area (Å²) in [6, 6.07) is 0. The molecule has 0 fully saturated rings. The van der Waals surface area contributed by atoms with Crippen LogP contribution in [0.3, 0.4) is 0 Å². The lowest BCUT2D eigenvalue weighted by atomic mass is 10.5. The summed E-state index contributed by atoms with van der Waals surface area (Å²) in [5.41, 5.74) is 0. The Morgan fingerprint density at radius 1 is 1.53 bits per heavy atom. The van der Waals surface area contributed by atoms with Gasteiger partial charge in [0.2, 0.25) is 16.1 Å². The van der Waals surface area contributed by atoms with Gasteiger partial charge in [0.05, 0.1) is 12.8 Å². The quantitative estimate of drug-likeness (QED) is 0.271. The van der Waals surface area contributed by atoms with Gasteiger partial charge in [0.15, 0.2) is 0 Å². The Morgan fingerprint density at radius 3 is 2.76 bits per heavy atom. The van der Waals surface area contributed by atoms with Gasteiger partial charge in [-0.1, -0.05) is 0 Å². The number of carbonyl (C=O) groups excluding carboxylic acids is 1. The van der Waals surface area contributed by atoms with Crippen molar-refractivity contribution in [1.29, 1.82) is 0 Å². The van der Waals surface area contributed by atoms with Crippen molar-refractivity contribution < 1.29 is 17.9 Å². The number of isocyanates is 1. The predicted octanol–water partition coefficient (Wildman–Crippen LogP) is 0.357. The van der Waals surface area contributed by atoms with Crippen LogP contribution in [0.4, 0.5) is 0 Å². The van der Waals surface area contributed by atoms with Gasteiger partial charge in [0.1, 0.15) is 6.23 Å². The molecule has 0 spiro atoms. The second-order valence-corrected chi connectivity index (χ2v) is 6.17. The molecule has 1 unspecified atom stereocenters. The fourth-order valence-corrected chi connectivity index (χ4v) is 2.67. The number of thioether (sulfide) groups is 1. The average molecular weight is 282 g/mol. The van der Waals surface area contributed by atoms with Gasteiger partial charge in [-0.25, -0.2) is 18.2 Å². The summed E-state index contributed by atoms with van der Waals surface area (Å²) in [5, 5.41) is 0. The highest BCUT2D eigenvalue weighted by Crippen LogP contribution is 2.06. The van der Waals surface area contributed by atoms with E-state index in [2.05, 4.69) is 9.71 Å². The zero-order valence-electron chi connectivity index (χ0n) is 10.0. The molecule has 1 N–H and O–H groups in total. The van der Waals surface area contributed by atoms with Crippen molar-refractivity contribution in [2.45, 2.75) is 19.6 Å². The Hall–Kier alpha value is -0.400. The third kappa shape index (κ3) is 11.9. The summed E-state index contributed by atoms with van der Waals surface area (Å²) in [6.45, 7) is 2.71. The molecule has 0 aromatic rings. The summed E-state index contributed by atoms with van der Waals surface area (Å²) >= 11 is 1.55. The largest absolute Gasteiger partial charge is 0.362 e. The molecule has 0 saturated carbocycles. The number of nitrogens with one attached hydrogen (secondary N) is 1. The number of ether oxygens (including phenoxy) is 1. The van der Waals surface area contributed by atoms with Crippen LogP contribution in [0.15, 0.2) is 4.99 Å². The van der Waals surface area contributed by atoms with Crippen LogP contribution in [-0.2, 0) is 19.6 Å². The van der Waals surface area contributed by atoms with E-state index in [0.717, 1.165) is 18.4 Å². The van der Waals surface area contributed by atoms with E-state index in [1.165, 1.54) is 6.08 Å². The Labute approximate surface area is 106 Å². The Balaban J connectivity index is 3.81. The normalized spacial score (nSPS) is 13.1. The molecule has 0 saturated heterocycles. The Morgan fingerprint density at radius 2 is 2.24 bits per heavy atom. The molecular formula is C9H18N2O4S2. The van der Waals surface area contributed by atoms with Crippen LogP contribution in [0.2, 0.25) is 0 Å². The zero-order chi connectivity index (χ0) is 13.1. The first-order chi connectivity index (χ1) is 7.99. The molecule has 100 valence electrons. The number of rotatable bonds is 10. The van der Waals surface area contributed by atoms with Gasteiger partial charge in [0, 0.05) is 12.4 Å². The molecule has 0 rings (SSSR count). The number of nitrogens with zero attached hydrogens (tertiary/aromatic N) is 1. The highest BCUT2D eigenvalue weighted by molar-refractivity contribution is 7.99. The lowest BCUT2D eigenvalue weighted by Gasteiger charge is -2.16. The van der Waals surface area contributed by atoms with E-state index >= 15 is 0 Å². The SMILES string of the molecule is CCOC(CSCCCN=C=O)NS(C)(=O)=O. The highest BCUT2D eigenvalue weighted by Gasteiger charge is 2.13. The van der Waals surface area contributed by atoms with Crippen LogP contribution in [0.5, 0.6) is 0 Å². The van der Waals surface area contributed by atoms with E-state index < -0.39 is 16.3 Å². The van der Waals surface area contributed by atoms with Crippen molar-refractivity contribution in [3.05, 3.63) is 0 Å². The topological polar surface area (TPSA) is 84.8 Å². The number of hydrogen-bond donors (Lipinski definition) is 1. The van der Waals surface area contributed by atoms with Crippen molar-refractivity contribution in [1.82, 2.24) is 4.72 Å². The second kappa shape index (κ2) is 9.61. The lowest BCUT2D eigenvalue weighted by molar-refractivity contribution is 0.0724. The second-order valence-electron chi connectivity index (χ2n) is 3.24. The fourth-order valence-electron chi connectivity index (χ4n) is 1.04. The third-order valence-corrected chi connectivity index (χ3v) is 3.41.